The number of esters is 1. The molecule has 10 atom stereocenters. The monoisotopic (exact) mass is 1180 g/mol. The van der Waals surface area contributed by atoms with E-state index in [-0.39, 0.29) is 57.6 Å². The number of para-hydroxylation sites is 1. The van der Waals surface area contributed by atoms with E-state index in [4.69, 9.17) is 48.5 Å². The first-order chi connectivity index (χ1) is 39.9. The molecule has 30 heteroatoms. The highest BCUT2D eigenvalue weighted by molar-refractivity contribution is 8.54. The molecule has 0 aliphatic carbocycles. The fourth-order valence-corrected chi connectivity index (χ4v) is 14.4. The van der Waals surface area contributed by atoms with Gasteiger partial charge in [0.05, 0.1) is 37.1 Å². The van der Waals surface area contributed by atoms with E-state index in [9.17, 15) is 9.36 Å². The summed E-state index contributed by atoms with van der Waals surface area (Å²) < 4.78 is 114. The van der Waals surface area contributed by atoms with Gasteiger partial charge in [-0.25, -0.2) is 52.7 Å². The normalized spacial score (nSPS) is 25.0. The molecule has 5 aromatic heterocycles. The molecule has 4 aliphatic heterocycles. The molecule has 420 valence electrons. The Kier molecular flexibility index (Phi) is 14.4. The predicted octanol–water partition coefficient (Wildman–Crippen LogP) is 7.99. The predicted molar refractivity (Wildman–Crippen MR) is 292 cm³/mol. The van der Waals surface area contributed by atoms with E-state index in [2.05, 4.69) is 76.4 Å². The molecule has 4 N–H and O–H groups in total. The van der Waals surface area contributed by atoms with Gasteiger partial charge in [-0.2, -0.15) is 0 Å². The number of ether oxygens (including phenoxy) is 4. The van der Waals surface area contributed by atoms with Gasteiger partial charge < -0.3 is 35.3 Å². The molecule has 82 heavy (non-hydrogen) atoms. The molecular weight excluding hydrogens is 1130 g/mol. The Hall–Kier alpha value is -7.91. The molecule has 1 unspecified atom stereocenters. The topological polar surface area (TPSA) is 298 Å². The number of benzene rings is 4. The second-order valence-electron chi connectivity index (χ2n) is 19.3. The molecule has 3 fully saturated rings. The largest absolute Gasteiger partial charge is 0.697 e. The van der Waals surface area contributed by atoms with Gasteiger partial charge >= 0.3 is 21.0 Å². The minimum Gasteiger partial charge on any atom is -0.492 e. The smallest absolute Gasteiger partial charge is 0.492 e. The molecule has 0 saturated carbocycles. The zero-order valence-electron chi connectivity index (χ0n) is 43.0. The molecule has 4 aromatic carbocycles. The fourth-order valence-electron chi connectivity index (χ4n) is 10.2. The lowest BCUT2D eigenvalue weighted by Gasteiger charge is -2.26. The fraction of sp³-hybridized carbons (Fsp3) is 0.288. The van der Waals surface area contributed by atoms with E-state index in [1.54, 1.807) is 48.5 Å². The van der Waals surface area contributed by atoms with Gasteiger partial charge in [0.2, 0.25) is 0 Å². The van der Waals surface area contributed by atoms with E-state index in [0.717, 1.165) is 40.3 Å². The summed E-state index contributed by atoms with van der Waals surface area (Å²) in [5.41, 5.74) is 19.3. The molecule has 0 radical (unpaired) electrons. The van der Waals surface area contributed by atoms with E-state index in [1.807, 2.05) is 28.9 Å². The summed E-state index contributed by atoms with van der Waals surface area (Å²) in [7, 11) is -1.05. The Morgan fingerprint density at radius 2 is 1.41 bits per heavy atom. The number of nitrogens with zero attached hydrogens (tertiary/aromatic N) is 12. The van der Waals surface area contributed by atoms with Crippen molar-refractivity contribution in [2.24, 2.45) is 0 Å². The molecule has 9 aromatic rings. The van der Waals surface area contributed by atoms with Crippen LogP contribution in [0.5, 0.6) is 11.5 Å². The summed E-state index contributed by atoms with van der Waals surface area (Å²) in [6.45, 7) is -4.48. The number of nitrogens with two attached hydrogens (primary N) is 2. The van der Waals surface area contributed by atoms with Gasteiger partial charge in [0.25, 0.3) is 0 Å². The molecule has 0 amide bonds. The molecule has 0 bridgehead atoms. The standard InChI is InChI=1S/C52H47F2N14O11P2S/c1-65-20-30-6-2-3-7-33(30)40-43(34-8-4-5-9-35(34)65)68(64-63-40)18-19-72-31-16-12-29(13-17-31)52(69)75-32-14-10-28(11-15-32)23-82-81(71)74-22-37-44(38(53)50(77-37)66-26-61-41-46(55)57-24-59-48(41)66)78-80(70)73-21-36-45(79-81)39(54)51(76-36)67-27-62-42-47(56)58-25-60-49(42)67/h2-17,24-27,36-39,44-45,50-51H,18-23H2,1H3,(H2,55,57,59)(H2,56,58,60)/q+1/t36-,37-,38-,39-,44-,45-,50-,51-,81+/m1/s1. The summed E-state index contributed by atoms with van der Waals surface area (Å²) in [5, 5.41) is 9.19. The number of anilines is 3. The molecule has 13 rings (SSSR count). The van der Waals surface area contributed by atoms with Crippen LogP contribution in [0.25, 0.3) is 44.8 Å². The van der Waals surface area contributed by atoms with E-state index < -0.39 is 83.5 Å². The van der Waals surface area contributed by atoms with E-state index in [1.165, 1.54) is 34.4 Å². The van der Waals surface area contributed by atoms with Crippen molar-refractivity contribution in [3.05, 3.63) is 139 Å². The highest BCUT2D eigenvalue weighted by Gasteiger charge is 2.56. The number of fused-ring (bicyclic) bond motifs is 9. The van der Waals surface area contributed by atoms with Gasteiger partial charge in [-0.05, 0) is 65.0 Å². The zero-order valence-corrected chi connectivity index (χ0v) is 45.6. The van der Waals surface area contributed by atoms with E-state index >= 15 is 13.3 Å². The van der Waals surface area contributed by atoms with Crippen molar-refractivity contribution in [1.29, 1.82) is 0 Å². The molecule has 9 heterocycles. The number of carbonyl (C=O) groups excluding carboxylic acids is 1. The van der Waals surface area contributed by atoms with Crippen molar-refractivity contribution in [3.8, 4) is 34.0 Å². The maximum absolute atomic E-state index is 16.9. The SMILES string of the molecule is CN1Cc2ccccc2-c2nnn(CCOc3ccc(C(=O)Oc4ccc(CS[P@@]5(=O)OC[C@H]6O[C@@H](n7cnc8c(N)ncnc87)[C@H](F)[C@@H]6O[P+](=O)OC[C@H]6O[C@@H](n7cnc8c(N)ncnc87)[C@H](F)[C@@H]6O5)cc4)cc3)c2-c2ccccc21. The Bertz CT molecular complexity index is 3940. The van der Waals surface area contributed by atoms with Crippen LogP contribution < -0.4 is 25.8 Å². The van der Waals surface area contributed by atoms with Crippen LogP contribution in [0.3, 0.4) is 0 Å². The van der Waals surface area contributed by atoms with Gasteiger partial charge in [0.1, 0.15) is 72.4 Å². The maximum Gasteiger partial charge on any atom is 0.697 e. The van der Waals surface area contributed by atoms with Crippen LogP contribution in [0, 0.1) is 0 Å². The number of halogens is 2. The minimum atomic E-state index is -4.56. The van der Waals surface area contributed by atoms with Crippen LogP contribution in [0.15, 0.2) is 122 Å². The Morgan fingerprint density at radius 1 is 0.780 bits per heavy atom. The van der Waals surface area contributed by atoms with Crippen molar-refractivity contribution in [3.63, 3.8) is 0 Å². The molecule has 3 saturated heterocycles. The minimum absolute atomic E-state index is 0.0302. The van der Waals surface area contributed by atoms with E-state index in [0.29, 0.717) is 29.2 Å². The number of nitrogen functional groups attached to an aromatic ring is 2. The number of imidazole rings is 2. The second kappa shape index (κ2) is 22.1. The average molecular weight is 1180 g/mol. The summed E-state index contributed by atoms with van der Waals surface area (Å²) in [6, 6.07) is 29.3. The lowest BCUT2D eigenvalue weighted by atomic mass is 9.96. The average Bonchev–Trinajstić information content (AvgIpc) is 4.51. The van der Waals surface area contributed by atoms with Crippen molar-refractivity contribution in [2.45, 2.75) is 68.1 Å². The summed E-state index contributed by atoms with van der Waals surface area (Å²) in [5.74, 6) is 0.106. The third kappa shape index (κ3) is 10.2. The highest BCUT2D eigenvalue weighted by Crippen LogP contribution is 2.64. The second-order valence-corrected chi connectivity index (χ2v) is 24.3. The summed E-state index contributed by atoms with van der Waals surface area (Å²) >= 11 is 0.689. The Labute approximate surface area is 468 Å². The van der Waals surface area contributed by atoms with Gasteiger partial charge in [0, 0.05) is 40.7 Å². The number of carbonyl (C=O) groups is 1. The third-order valence-corrected chi connectivity index (χ3v) is 18.7. The van der Waals surface area contributed by atoms with Crippen LogP contribution in [0.4, 0.5) is 26.1 Å². The van der Waals surface area contributed by atoms with Crippen molar-refractivity contribution in [2.75, 3.05) is 43.2 Å². The Morgan fingerprint density at radius 3 is 2.12 bits per heavy atom. The highest BCUT2D eigenvalue weighted by atomic mass is 32.7. The lowest BCUT2D eigenvalue weighted by molar-refractivity contribution is -0.0539. The van der Waals surface area contributed by atoms with Crippen molar-refractivity contribution in [1.82, 2.24) is 54.0 Å². The first-order valence-electron chi connectivity index (χ1n) is 25.5. The molecule has 25 nitrogen and oxygen atoms in total. The first kappa shape index (κ1) is 53.4. The molecular formula is C52H47F2N14O11P2S+. The third-order valence-electron chi connectivity index (χ3n) is 14.2. The number of alkyl halides is 2. The first-order valence-corrected chi connectivity index (χ1v) is 29.7. The van der Waals surface area contributed by atoms with Crippen LogP contribution in [-0.4, -0.2) is 124 Å². The number of hydrogen-bond acceptors (Lipinski definition) is 23. The molecule has 4 aliphatic rings. The van der Waals surface area contributed by atoms with Crippen LogP contribution in [0.2, 0.25) is 0 Å². The quantitative estimate of drug-likeness (QED) is 0.0704. The summed E-state index contributed by atoms with van der Waals surface area (Å²) in [6.07, 6.45) is -8.40. The van der Waals surface area contributed by atoms with Crippen molar-refractivity contribution >= 4 is 72.1 Å². The van der Waals surface area contributed by atoms with Crippen LogP contribution in [-0.2, 0) is 55.5 Å². The number of hydrogen-bond donors (Lipinski definition) is 2. The number of aromatic nitrogens is 11. The van der Waals surface area contributed by atoms with Crippen molar-refractivity contribution < 1.29 is 59.7 Å². The summed E-state index contributed by atoms with van der Waals surface area (Å²) in [4.78, 5) is 40.2. The van der Waals surface area contributed by atoms with Gasteiger partial charge in [-0.3, -0.25) is 18.2 Å². The van der Waals surface area contributed by atoms with Gasteiger partial charge in [-0.15, -0.1) is 14.1 Å². The molecule has 0 spiro atoms. The Balaban J connectivity index is 0.684. The van der Waals surface area contributed by atoms with Crippen LogP contribution >= 0.6 is 26.4 Å². The maximum atomic E-state index is 16.9. The number of rotatable bonds is 11. The zero-order chi connectivity index (χ0) is 56.2. The van der Waals surface area contributed by atoms with Gasteiger partial charge in [-0.1, -0.05) is 59.8 Å². The van der Waals surface area contributed by atoms with Crippen LogP contribution in [0.1, 0.15) is 33.9 Å². The lowest BCUT2D eigenvalue weighted by Crippen LogP contribution is -2.36. The van der Waals surface area contributed by atoms with Gasteiger partial charge in [0.15, 0.2) is 53.8 Å².